The van der Waals surface area contributed by atoms with Gasteiger partial charge in [-0.3, -0.25) is 9.59 Å². The van der Waals surface area contributed by atoms with Crippen molar-refractivity contribution in [1.29, 1.82) is 0 Å². The molecule has 0 aliphatic carbocycles. The predicted molar refractivity (Wildman–Crippen MR) is 55.1 cm³/mol. The van der Waals surface area contributed by atoms with Gasteiger partial charge in [-0.25, -0.2) is 0 Å². The first kappa shape index (κ1) is 9.71. The van der Waals surface area contributed by atoms with Gasteiger partial charge in [-0.2, -0.15) is 0 Å². The second-order valence-electron chi connectivity index (χ2n) is 3.59. The van der Waals surface area contributed by atoms with Crippen LogP contribution < -0.4 is 5.32 Å². The molecule has 0 radical (unpaired) electrons. The molecule has 1 aliphatic rings. The molecule has 0 bridgehead atoms. The molecule has 0 spiro atoms. The maximum absolute atomic E-state index is 11.3. The summed E-state index contributed by atoms with van der Waals surface area (Å²) in [6, 6.07) is 3.02. The van der Waals surface area contributed by atoms with E-state index < -0.39 is 0 Å². The van der Waals surface area contributed by atoms with Gasteiger partial charge in [0.2, 0.25) is 5.91 Å². The van der Waals surface area contributed by atoms with Crippen LogP contribution in [0.3, 0.4) is 0 Å². The molecule has 0 saturated heterocycles. The number of Topliss-reactive ketones (excluding diaryl/α,β-unsaturated/α-hetero) is 1. The van der Waals surface area contributed by atoms with Gasteiger partial charge in [0.25, 0.3) is 0 Å². The molecule has 1 aromatic rings. The van der Waals surface area contributed by atoms with Crippen LogP contribution in [0.15, 0.2) is 12.1 Å². The smallest absolute Gasteiger partial charge is 0.224 e. The Morgan fingerprint density at radius 3 is 2.80 bits per heavy atom. The van der Waals surface area contributed by atoms with E-state index in [1.54, 1.807) is 6.07 Å². The van der Waals surface area contributed by atoms with Gasteiger partial charge < -0.3 is 10.4 Å². The van der Waals surface area contributed by atoms with Crippen LogP contribution in [0.2, 0.25) is 0 Å². The molecule has 1 amide bonds. The van der Waals surface area contributed by atoms with E-state index >= 15 is 0 Å². The fourth-order valence-corrected chi connectivity index (χ4v) is 1.80. The molecule has 0 saturated carbocycles. The highest BCUT2D eigenvalue weighted by atomic mass is 16.3. The van der Waals surface area contributed by atoms with Crippen molar-refractivity contribution in [2.75, 3.05) is 5.32 Å². The van der Waals surface area contributed by atoms with Gasteiger partial charge >= 0.3 is 0 Å². The molecule has 78 valence electrons. The molecule has 0 fully saturated rings. The summed E-state index contributed by atoms with van der Waals surface area (Å²) in [7, 11) is 0. The van der Waals surface area contributed by atoms with E-state index in [4.69, 9.17) is 0 Å². The van der Waals surface area contributed by atoms with E-state index in [1.807, 2.05) is 0 Å². The monoisotopic (exact) mass is 205 g/mol. The number of hydrogen-bond acceptors (Lipinski definition) is 3. The maximum atomic E-state index is 11.3. The average Bonchev–Trinajstić information content (AvgIpc) is 2.19. The lowest BCUT2D eigenvalue weighted by Gasteiger charge is -2.19. The highest BCUT2D eigenvalue weighted by Crippen LogP contribution is 2.34. The highest BCUT2D eigenvalue weighted by Gasteiger charge is 2.22. The third-order valence-corrected chi connectivity index (χ3v) is 2.54. The summed E-state index contributed by atoms with van der Waals surface area (Å²) in [6.07, 6.45) is 0.862. The minimum atomic E-state index is -0.126. The number of aromatic hydroxyl groups is 1. The van der Waals surface area contributed by atoms with Crippen molar-refractivity contribution in [3.63, 3.8) is 0 Å². The molecule has 2 rings (SSSR count). The number of benzene rings is 1. The Hall–Kier alpha value is -1.84. The van der Waals surface area contributed by atoms with E-state index in [-0.39, 0.29) is 17.4 Å². The van der Waals surface area contributed by atoms with Crippen molar-refractivity contribution < 1.29 is 14.7 Å². The third-order valence-electron chi connectivity index (χ3n) is 2.54. The number of ketones is 1. The zero-order chi connectivity index (χ0) is 11.0. The zero-order valence-electron chi connectivity index (χ0n) is 8.33. The van der Waals surface area contributed by atoms with Gasteiger partial charge in [0.15, 0.2) is 5.78 Å². The Morgan fingerprint density at radius 2 is 2.13 bits per heavy atom. The molecule has 0 atom stereocenters. The first-order valence-corrected chi connectivity index (χ1v) is 4.75. The Balaban J connectivity index is 2.60. The molecule has 1 aliphatic heterocycles. The first-order chi connectivity index (χ1) is 7.09. The number of rotatable bonds is 1. The van der Waals surface area contributed by atoms with Crippen molar-refractivity contribution in [2.45, 2.75) is 19.8 Å². The number of carbonyl (C=O) groups excluding carboxylic acids is 2. The van der Waals surface area contributed by atoms with Crippen molar-refractivity contribution in [3.8, 4) is 5.75 Å². The standard InChI is InChI=1S/C11H11NO3/c1-6(13)7-2-4-9(14)11-8(7)3-5-10(15)12-11/h2,4,14H,3,5H2,1H3,(H,12,15). The van der Waals surface area contributed by atoms with Crippen LogP contribution in [0.5, 0.6) is 5.75 Å². The lowest BCUT2D eigenvalue weighted by molar-refractivity contribution is -0.116. The fourth-order valence-electron chi connectivity index (χ4n) is 1.80. The number of carbonyl (C=O) groups is 2. The number of nitrogens with one attached hydrogen (secondary N) is 1. The van der Waals surface area contributed by atoms with E-state index in [0.717, 1.165) is 5.56 Å². The topological polar surface area (TPSA) is 66.4 Å². The van der Waals surface area contributed by atoms with E-state index in [1.165, 1.54) is 13.0 Å². The molecule has 0 aromatic heterocycles. The van der Waals surface area contributed by atoms with Crippen LogP contribution in [0.25, 0.3) is 0 Å². The van der Waals surface area contributed by atoms with Crippen molar-refractivity contribution >= 4 is 17.4 Å². The number of amides is 1. The van der Waals surface area contributed by atoms with Crippen molar-refractivity contribution in [1.82, 2.24) is 0 Å². The Kier molecular flexibility index (Phi) is 2.19. The number of hydrogen-bond donors (Lipinski definition) is 2. The lowest BCUT2D eigenvalue weighted by Crippen LogP contribution is -2.20. The van der Waals surface area contributed by atoms with Gasteiger partial charge in [0, 0.05) is 12.0 Å². The van der Waals surface area contributed by atoms with Gasteiger partial charge in [-0.05, 0) is 31.0 Å². The number of phenols is 1. The summed E-state index contributed by atoms with van der Waals surface area (Å²) in [4.78, 5) is 22.5. The van der Waals surface area contributed by atoms with Gasteiger partial charge in [-0.1, -0.05) is 0 Å². The fraction of sp³-hybridized carbons (Fsp3) is 0.273. The molecule has 0 unspecified atom stereocenters. The normalized spacial score (nSPS) is 14.3. The molecular weight excluding hydrogens is 194 g/mol. The Morgan fingerprint density at radius 1 is 1.40 bits per heavy atom. The molecule has 1 heterocycles. The van der Waals surface area contributed by atoms with Crippen molar-refractivity contribution in [3.05, 3.63) is 23.3 Å². The predicted octanol–water partition coefficient (Wildman–Crippen LogP) is 1.48. The van der Waals surface area contributed by atoms with Crippen LogP contribution in [0.1, 0.15) is 29.3 Å². The molecule has 4 nitrogen and oxygen atoms in total. The number of anilines is 1. The Labute approximate surface area is 86.9 Å². The largest absolute Gasteiger partial charge is 0.506 e. The van der Waals surface area contributed by atoms with Crippen LogP contribution >= 0.6 is 0 Å². The Bertz CT molecular complexity index is 451. The number of fused-ring (bicyclic) bond motifs is 1. The first-order valence-electron chi connectivity index (χ1n) is 4.75. The summed E-state index contributed by atoms with van der Waals surface area (Å²) in [5.74, 6) is -0.163. The zero-order valence-corrected chi connectivity index (χ0v) is 8.33. The van der Waals surface area contributed by atoms with Crippen LogP contribution in [0, 0.1) is 0 Å². The van der Waals surface area contributed by atoms with Crippen LogP contribution in [-0.2, 0) is 11.2 Å². The van der Waals surface area contributed by atoms with E-state index in [9.17, 15) is 14.7 Å². The maximum Gasteiger partial charge on any atom is 0.224 e. The quantitative estimate of drug-likeness (QED) is 0.539. The summed E-state index contributed by atoms with van der Waals surface area (Å²) in [6.45, 7) is 1.48. The van der Waals surface area contributed by atoms with E-state index in [0.29, 0.717) is 24.1 Å². The molecule has 2 N–H and O–H groups in total. The number of phenolic OH excluding ortho intramolecular Hbond substituents is 1. The summed E-state index contributed by atoms with van der Waals surface area (Å²) in [5, 5.41) is 12.1. The minimum Gasteiger partial charge on any atom is -0.506 e. The summed E-state index contributed by atoms with van der Waals surface area (Å²) in [5.41, 5.74) is 1.70. The SMILES string of the molecule is CC(=O)c1ccc(O)c2c1CCC(=O)N2. The van der Waals surface area contributed by atoms with Gasteiger partial charge in [0.1, 0.15) is 5.75 Å². The minimum absolute atomic E-state index is 0.0167. The van der Waals surface area contributed by atoms with Crippen LogP contribution in [0.4, 0.5) is 5.69 Å². The molecule has 1 aromatic carbocycles. The summed E-state index contributed by atoms with van der Waals surface area (Å²) < 4.78 is 0. The average molecular weight is 205 g/mol. The highest BCUT2D eigenvalue weighted by molar-refractivity contribution is 6.02. The summed E-state index contributed by atoms with van der Waals surface area (Å²) >= 11 is 0. The third kappa shape index (κ3) is 1.58. The van der Waals surface area contributed by atoms with Gasteiger partial charge in [-0.15, -0.1) is 0 Å². The second kappa shape index (κ2) is 3.38. The molecular formula is C11H11NO3. The van der Waals surface area contributed by atoms with Gasteiger partial charge in [0.05, 0.1) is 5.69 Å². The molecule has 15 heavy (non-hydrogen) atoms. The lowest BCUT2D eigenvalue weighted by atomic mass is 9.95. The molecule has 4 heteroatoms. The van der Waals surface area contributed by atoms with E-state index in [2.05, 4.69) is 5.32 Å². The van der Waals surface area contributed by atoms with Crippen LogP contribution in [-0.4, -0.2) is 16.8 Å². The second-order valence-corrected chi connectivity index (χ2v) is 3.59. The van der Waals surface area contributed by atoms with Crippen molar-refractivity contribution in [2.24, 2.45) is 0 Å².